The van der Waals surface area contributed by atoms with Gasteiger partial charge >= 0.3 is 12.0 Å². The van der Waals surface area contributed by atoms with Crippen LogP contribution in [-0.2, 0) is 19.6 Å². The minimum absolute atomic E-state index is 0.130. The highest BCUT2D eigenvalue weighted by atomic mass is 32.1. The van der Waals surface area contributed by atoms with Gasteiger partial charge in [0.15, 0.2) is 0 Å². The fourth-order valence-corrected chi connectivity index (χ4v) is 3.02. The first kappa shape index (κ1) is 13.6. The van der Waals surface area contributed by atoms with E-state index in [4.69, 9.17) is 5.11 Å². The van der Waals surface area contributed by atoms with Crippen molar-refractivity contribution in [2.75, 3.05) is 0 Å². The number of urea groups is 1. The fourth-order valence-electron chi connectivity index (χ4n) is 2.35. The Morgan fingerprint density at radius 3 is 2.76 bits per heavy atom. The summed E-state index contributed by atoms with van der Waals surface area (Å²) in [7, 11) is 0. The second kappa shape index (κ2) is 5.57. The standard InChI is InChI=1S/C15H14N2O3S/c18-14(19)11-1-2-12-7-17(8-13(12)5-11)15(20)16-6-10-3-4-21-9-10/h1-5,9H,6-8H2,(H,16,20)(H,18,19). The molecule has 6 heteroatoms. The van der Waals surface area contributed by atoms with Crippen LogP contribution in [0.5, 0.6) is 0 Å². The van der Waals surface area contributed by atoms with E-state index in [2.05, 4.69) is 5.32 Å². The number of rotatable bonds is 3. The highest BCUT2D eigenvalue weighted by Gasteiger charge is 2.24. The maximum atomic E-state index is 12.1. The van der Waals surface area contributed by atoms with Crippen LogP contribution in [0.1, 0.15) is 27.0 Å². The molecule has 108 valence electrons. The van der Waals surface area contributed by atoms with Crippen molar-refractivity contribution in [2.45, 2.75) is 19.6 Å². The zero-order valence-corrected chi connectivity index (χ0v) is 12.0. The van der Waals surface area contributed by atoms with Crippen molar-refractivity contribution in [2.24, 2.45) is 0 Å². The van der Waals surface area contributed by atoms with E-state index >= 15 is 0 Å². The molecule has 2 amide bonds. The molecule has 5 nitrogen and oxygen atoms in total. The van der Waals surface area contributed by atoms with E-state index in [0.717, 1.165) is 16.7 Å². The summed E-state index contributed by atoms with van der Waals surface area (Å²) in [6, 6.07) is 6.85. The SMILES string of the molecule is O=C(O)c1ccc2c(c1)CN(C(=O)NCc1ccsc1)C2. The van der Waals surface area contributed by atoms with Crippen molar-refractivity contribution in [3.8, 4) is 0 Å². The highest BCUT2D eigenvalue weighted by Crippen LogP contribution is 2.24. The lowest BCUT2D eigenvalue weighted by atomic mass is 10.1. The van der Waals surface area contributed by atoms with E-state index in [9.17, 15) is 9.59 Å². The number of hydrogen-bond acceptors (Lipinski definition) is 3. The number of benzene rings is 1. The van der Waals surface area contributed by atoms with Gasteiger partial charge in [0, 0.05) is 19.6 Å². The summed E-state index contributed by atoms with van der Waals surface area (Å²) in [6.45, 7) is 1.48. The van der Waals surface area contributed by atoms with Gasteiger partial charge < -0.3 is 15.3 Å². The van der Waals surface area contributed by atoms with Crippen LogP contribution in [0.4, 0.5) is 4.79 Å². The Bertz CT molecular complexity index is 682. The Morgan fingerprint density at radius 1 is 1.24 bits per heavy atom. The number of fused-ring (bicyclic) bond motifs is 1. The third kappa shape index (κ3) is 2.90. The Hall–Kier alpha value is -2.34. The molecule has 2 N–H and O–H groups in total. The van der Waals surface area contributed by atoms with Gasteiger partial charge in [-0.15, -0.1) is 0 Å². The third-order valence-corrected chi connectivity index (χ3v) is 4.22. The van der Waals surface area contributed by atoms with Gasteiger partial charge in [0.05, 0.1) is 5.56 Å². The van der Waals surface area contributed by atoms with Gasteiger partial charge in [-0.25, -0.2) is 9.59 Å². The van der Waals surface area contributed by atoms with Crippen LogP contribution < -0.4 is 5.32 Å². The maximum absolute atomic E-state index is 12.1. The first-order valence-electron chi connectivity index (χ1n) is 6.52. The molecule has 1 aliphatic heterocycles. The summed E-state index contributed by atoms with van der Waals surface area (Å²) in [5.74, 6) is -0.946. The molecule has 2 heterocycles. The monoisotopic (exact) mass is 302 g/mol. The molecule has 0 spiro atoms. The molecule has 0 atom stereocenters. The normalized spacial score (nSPS) is 13.0. The summed E-state index contributed by atoms with van der Waals surface area (Å²) >= 11 is 1.60. The van der Waals surface area contributed by atoms with Crippen LogP contribution in [-0.4, -0.2) is 22.0 Å². The average Bonchev–Trinajstić information content (AvgIpc) is 3.12. The van der Waals surface area contributed by atoms with Crippen LogP contribution in [0.25, 0.3) is 0 Å². The Labute approximate surface area is 125 Å². The molecule has 0 aliphatic carbocycles. The first-order valence-corrected chi connectivity index (χ1v) is 7.47. The predicted octanol–water partition coefficient (Wildman–Crippen LogP) is 2.67. The van der Waals surface area contributed by atoms with Crippen LogP contribution in [0.3, 0.4) is 0 Å². The molecule has 1 aliphatic rings. The minimum Gasteiger partial charge on any atom is -0.478 e. The number of thiophene rings is 1. The minimum atomic E-state index is -0.946. The molecule has 0 bridgehead atoms. The van der Waals surface area contributed by atoms with Crippen molar-refractivity contribution in [3.63, 3.8) is 0 Å². The van der Waals surface area contributed by atoms with E-state index in [0.29, 0.717) is 19.6 Å². The average molecular weight is 302 g/mol. The number of nitrogens with zero attached hydrogens (tertiary/aromatic N) is 1. The zero-order chi connectivity index (χ0) is 14.8. The molecule has 0 saturated heterocycles. The zero-order valence-electron chi connectivity index (χ0n) is 11.2. The largest absolute Gasteiger partial charge is 0.478 e. The smallest absolute Gasteiger partial charge is 0.335 e. The Morgan fingerprint density at radius 2 is 2.05 bits per heavy atom. The molecular weight excluding hydrogens is 288 g/mol. The van der Waals surface area contributed by atoms with E-state index in [1.165, 1.54) is 0 Å². The van der Waals surface area contributed by atoms with Crippen LogP contribution in [0.15, 0.2) is 35.0 Å². The summed E-state index contributed by atoms with van der Waals surface area (Å²) in [6.07, 6.45) is 0. The van der Waals surface area contributed by atoms with Crippen molar-refractivity contribution in [1.82, 2.24) is 10.2 Å². The molecule has 0 radical (unpaired) electrons. The number of carbonyl (C=O) groups is 2. The number of hydrogen-bond donors (Lipinski definition) is 2. The summed E-state index contributed by atoms with van der Waals surface area (Å²) in [4.78, 5) is 24.8. The van der Waals surface area contributed by atoms with Gasteiger partial charge in [0.25, 0.3) is 0 Å². The molecular formula is C15H14N2O3S. The van der Waals surface area contributed by atoms with Crippen LogP contribution >= 0.6 is 11.3 Å². The second-order valence-electron chi connectivity index (χ2n) is 4.94. The number of nitrogens with one attached hydrogen (secondary N) is 1. The third-order valence-electron chi connectivity index (χ3n) is 3.49. The van der Waals surface area contributed by atoms with Gasteiger partial charge in [0.2, 0.25) is 0 Å². The van der Waals surface area contributed by atoms with Crippen molar-refractivity contribution < 1.29 is 14.7 Å². The van der Waals surface area contributed by atoms with E-state index in [1.54, 1.807) is 34.4 Å². The van der Waals surface area contributed by atoms with Gasteiger partial charge in [0.1, 0.15) is 0 Å². The quantitative estimate of drug-likeness (QED) is 0.916. The number of amides is 2. The number of carboxylic acids is 1. The van der Waals surface area contributed by atoms with Crippen molar-refractivity contribution in [1.29, 1.82) is 0 Å². The van der Waals surface area contributed by atoms with Crippen molar-refractivity contribution in [3.05, 3.63) is 57.3 Å². The van der Waals surface area contributed by atoms with E-state index < -0.39 is 5.97 Å². The molecule has 0 saturated carbocycles. The van der Waals surface area contributed by atoms with E-state index in [1.807, 2.05) is 16.8 Å². The van der Waals surface area contributed by atoms with E-state index in [-0.39, 0.29) is 11.6 Å². The molecule has 1 aromatic carbocycles. The molecule has 2 aromatic rings. The molecule has 21 heavy (non-hydrogen) atoms. The number of carboxylic acid groups (broad SMARTS) is 1. The van der Waals surface area contributed by atoms with Gasteiger partial charge in [-0.1, -0.05) is 6.07 Å². The maximum Gasteiger partial charge on any atom is 0.335 e. The Balaban J connectivity index is 1.64. The lowest BCUT2D eigenvalue weighted by Crippen LogP contribution is -2.35. The van der Waals surface area contributed by atoms with Crippen LogP contribution in [0.2, 0.25) is 0 Å². The lowest BCUT2D eigenvalue weighted by molar-refractivity contribution is 0.0696. The van der Waals surface area contributed by atoms with Gasteiger partial charge in [-0.2, -0.15) is 11.3 Å². The van der Waals surface area contributed by atoms with Gasteiger partial charge in [-0.3, -0.25) is 0 Å². The lowest BCUT2D eigenvalue weighted by Gasteiger charge is -2.16. The second-order valence-corrected chi connectivity index (χ2v) is 5.72. The molecule has 0 fully saturated rings. The Kier molecular flexibility index (Phi) is 3.62. The van der Waals surface area contributed by atoms with Gasteiger partial charge in [-0.05, 0) is 45.6 Å². The summed E-state index contributed by atoms with van der Waals surface area (Å²) in [5.41, 5.74) is 3.25. The van der Waals surface area contributed by atoms with Crippen LogP contribution in [0, 0.1) is 0 Å². The summed E-state index contributed by atoms with van der Waals surface area (Å²) < 4.78 is 0. The molecule has 0 unspecified atom stereocenters. The highest BCUT2D eigenvalue weighted by molar-refractivity contribution is 7.07. The predicted molar refractivity (Wildman–Crippen MR) is 79.2 cm³/mol. The van der Waals surface area contributed by atoms with Crippen molar-refractivity contribution >= 4 is 23.3 Å². The summed E-state index contributed by atoms with van der Waals surface area (Å²) in [5, 5.41) is 15.8. The number of carbonyl (C=O) groups excluding carboxylic acids is 1. The number of aromatic carboxylic acids is 1. The molecule has 1 aromatic heterocycles. The fraction of sp³-hybridized carbons (Fsp3) is 0.200. The first-order chi connectivity index (χ1) is 10.1. The topological polar surface area (TPSA) is 69.6 Å². The molecule has 3 rings (SSSR count).